The Balaban J connectivity index is 1.70. The monoisotopic (exact) mass is 373 g/mol. The quantitative estimate of drug-likeness (QED) is 0.790. The second kappa shape index (κ2) is 8.03. The molecule has 1 saturated heterocycles. The van der Waals surface area contributed by atoms with Crippen LogP contribution in [0.5, 0.6) is 0 Å². The minimum absolute atomic E-state index is 0.00390. The van der Waals surface area contributed by atoms with Gasteiger partial charge in [0.25, 0.3) is 12.3 Å². The third kappa shape index (κ3) is 4.16. The van der Waals surface area contributed by atoms with Crippen LogP contribution < -0.4 is 16.0 Å². The van der Waals surface area contributed by atoms with E-state index < -0.39 is 12.1 Å². The van der Waals surface area contributed by atoms with E-state index in [1.54, 1.807) is 4.90 Å². The van der Waals surface area contributed by atoms with Gasteiger partial charge in [0.05, 0.1) is 5.57 Å². The van der Waals surface area contributed by atoms with Gasteiger partial charge in [0.1, 0.15) is 11.5 Å². The van der Waals surface area contributed by atoms with Crippen molar-refractivity contribution in [1.29, 1.82) is 0 Å². The highest BCUT2D eigenvalue weighted by Gasteiger charge is 2.28. The van der Waals surface area contributed by atoms with Gasteiger partial charge in [-0.15, -0.1) is 0 Å². The number of benzene rings is 1. The van der Waals surface area contributed by atoms with Gasteiger partial charge in [-0.3, -0.25) is 4.79 Å². The van der Waals surface area contributed by atoms with Gasteiger partial charge in [-0.1, -0.05) is 24.8 Å². The minimum Gasteiger partial charge on any atom is -0.404 e. The first-order valence-corrected chi connectivity index (χ1v) is 8.55. The summed E-state index contributed by atoms with van der Waals surface area (Å²) in [4.78, 5) is 20.5. The Hall–Kier alpha value is -3.16. The zero-order valence-electron chi connectivity index (χ0n) is 14.7. The highest BCUT2D eigenvalue weighted by atomic mass is 19.3. The highest BCUT2D eigenvalue weighted by molar-refractivity contribution is 6.21. The molecule has 2 aliphatic rings. The number of carbonyl (C=O) groups excluding carboxylic acids is 1. The number of nitrogens with one attached hydrogen (secondary N) is 1. The second-order valence-corrected chi connectivity index (χ2v) is 6.18. The Kier molecular flexibility index (Phi) is 5.54. The number of nitrogens with zero attached hydrogens (tertiary/aromatic N) is 3. The number of anilines is 1. The lowest BCUT2D eigenvalue weighted by molar-refractivity contribution is -0.126. The van der Waals surface area contributed by atoms with Gasteiger partial charge in [0.15, 0.2) is 0 Å². The molecule has 0 radical (unpaired) electrons. The number of para-hydroxylation sites is 1. The fourth-order valence-corrected chi connectivity index (χ4v) is 3.02. The van der Waals surface area contributed by atoms with Crippen molar-refractivity contribution < 1.29 is 13.6 Å². The number of allylic oxidation sites excluding steroid dienone is 2. The van der Waals surface area contributed by atoms with Gasteiger partial charge in [-0.2, -0.15) is 0 Å². The van der Waals surface area contributed by atoms with Crippen LogP contribution in [-0.2, 0) is 4.79 Å². The summed E-state index contributed by atoms with van der Waals surface area (Å²) >= 11 is 0. The molecule has 27 heavy (non-hydrogen) atoms. The Bertz CT molecular complexity index is 809. The maximum atomic E-state index is 13.0. The molecule has 0 atom stereocenters. The van der Waals surface area contributed by atoms with E-state index in [-0.39, 0.29) is 23.0 Å². The lowest BCUT2D eigenvalue weighted by atomic mass is 10.1. The van der Waals surface area contributed by atoms with Gasteiger partial charge < -0.3 is 20.9 Å². The van der Waals surface area contributed by atoms with Gasteiger partial charge >= 0.3 is 0 Å². The molecule has 6 nitrogen and oxygen atoms in total. The number of amidine groups is 1. The van der Waals surface area contributed by atoms with Crippen LogP contribution in [0, 0.1) is 0 Å². The summed E-state index contributed by atoms with van der Waals surface area (Å²) in [7, 11) is 0. The van der Waals surface area contributed by atoms with E-state index >= 15 is 0 Å². The molecule has 1 amide bonds. The van der Waals surface area contributed by atoms with Crippen LogP contribution in [0.1, 0.15) is 0 Å². The molecule has 0 aliphatic carbocycles. The van der Waals surface area contributed by atoms with Crippen molar-refractivity contribution in [2.24, 2.45) is 10.7 Å². The molecule has 1 aromatic carbocycles. The molecule has 3 rings (SSSR count). The molecule has 8 heteroatoms. The summed E-state index contributed by atoms with van der Waals surface area (Å²) in [6, 6.07) is 9.93. The minimum atomic E-state index is -2.76. The summed E-state index contributed by atoms with van der Waals surface area (Å²) < 4.78 is 26.0. The summed E-state index contributed by atoms with van der Waals surface area (Å²) in [5, 5.41) is 2.75. The van der Waals surface area contributed by atoms with Crippen molar-refractivity contribution >= 4 is 17.4 Å². The number of hydrogen-bond donors (Lipinski definition) is 2. The summed E-state index contributed by atoms with van der Waals surface area (Å²) in [5.74, 6) is -0.351. The zero-order chi connectivity index (χ0) is 19.4. The number of carbonyl (C=O) groups is 1. The van der Waals surface area contributed by atoms with Crippen LogP contribution >= 0.6 is 0 Å². The SMILES string of the molecule is C=C1C=C(C(F)F)N=C(C(=CN)C(=O)N2CCN(c3ccccc3)CC2)N1. The molecule has 0 bridgehead atoms. The molecule has 0 saturated carbocycles. The van der Waals surface area contributed by atoms with E-state index in [4.69, 9.17) is 5.73 Å². The van der Waals surface area contributed by atoms with E-state index in [1.807, 2.05) is 30.3 Å². The fourth-order valence-electron chi connectivity index (χ4n) is 3.02. The van der Waals surface area contributed by atoms with Crippen molar-refractivity contribution in [1.82, 2.24) is 10.2 Å². The molecule has 2 aliphatic heterocycles. The first-order valence-electron chi connectivity index (χ1n) is 8.55. The average Bonchev–Trinajstić information content (AvgIpc) is 2.69. The lowest BCUT2D eigenvalue weighted by Crippen LogP contribution is -2.50. The maximum absolute atomic E-state index is 13.0. The Morgan fingerprint density at radius 1 is 1.22 bits per heavy atom. The molecule has 0 unspecified atom stereocenters. The van der Waals surface area contributed by atoms with Crippen LogP contribution in [-0.4, -0.2) is 49.2 Å². The molecule has 3 N–H and O–H groups in total. The fraction of sp³-hybridized carbons (Fsp3) is 0.263. The number of halogens is 2. The molecule has 1 fully saturated rings. The Labute approximate surface area is 156 Å². The predicted octanol–water partition coefficient (Wildman–Crippen LogP) is 1.84. The first kappa shape index (κ1) is 18.6. The third-order valence-corrected chi connectivity index (χ3v) is 4.41. The average molecular weight is 373 g/mol. The van der Waals surface area contributed by atoms with Crippen LogP contribution in [0.15, 0.2) is 71.1 Å². The molecule has 2 heterocycles. The van der Waals surface area contributed by atoms with E-state index in [0.29, 0.717) is 26.2 Å². The molecular formula is C19H21F2N5O. The number of nitrogens with two attached hydrogens (primary N) is 1. The van der Waals surface area contributed by atoms with Crippen molar-refractivity contribution in [2.75, 3.05) is 31.1 Å². The molecule has 0 spiro atoms. The number of hydrogen-bond acceptors (Lipinski definition) is 5. The van der Waals surface area contributed by atoms with Crippen molar-refractivity contribution in [3.05, 3.63) is 66.2 Å². The Morgan fingerprint density at radius 2 is 1.89 bits per heavy atom. The largest absolute Gasteiger partial charge is 0.404 e. The predicted molar refractivity (Wildman–Crippen MR) is 101 cm³/mol. The third-order valence-electron chi connectivity index (χ3n) is 4.41. The summed E-state index contributed by atoms with van der Waals surface area (Å²) in [6.07, 6.45) is -0.521. The van der Waals surface area contributed by atoms with Crippen LogP contribution in [0.25, 0.3) is 0 Å². The highest BCUT2D eigenvalue weighted by Crippen LogP contribution is 2.20. The topological polar surface area (TPSA) is 74.0 Å². The standard InChI is InChI=1S/C19H21F2N5O/c1-13-11-16(17(20)21)24-18(23-13)15(12-22)19(27)26-9-7-25(8-10-26)14-5-3-2-4-6-14/h2-6,11-12,17H,1,7-10,22H2,(H,23,24). The van der Waals surface area contributed by atoms with Gasteiger partial charge in [-0.25, -0.2) is 13.8 Å². The van der Waals surface area contributed by atoms with E-state index in [0.717, 1.165) is 18.0 Å². The van der Waals surface area contributed by atoms with E-state index in [2.05, 4.69) is 21.8 Å². The van der Waals surface area contributed by atoms with E-state index in [1.165, 1.54) is 0 Å². The number of amides is 1. The first-order chi connectivity index (χ1) is 13.0. The summed E-state index contributed by atoms with van der Waals surface area (Å²) in [6.45, 7) is 5.96. The second-order valence-electron chi connectivity index (χ2n) is 6.18. The van der Waals surface area contributed by atoms with Crippen LogP contribution in [0.4, 0.5) is 14.5 Å². The zero-order valence-corrected chi connectivity index (χ0v) is 14.7. The van der Waals surface area contributed by atoms with E-state index in [9.17, 15) is 13.6 Å². The summed E-state index contributed by atoms with van der Waals surface area (Å²) in [5.41, 5.74) is 6.55. The normalized spacial score (nSPS) is 18.2. The number of piperazine rings is 1. The van der Waals surface area contributed by atoms with Crippen LogP contribution in [0.3, 0.4) is 0 Å². The Morgan fingerprint density at radius 3 is 2.48 bits per heavy atom. The van der Waals surface area contributed by atoms with Crippen molar-refractivity contribution in [3.63, 3.8) is 0 Å². The van der Waals surface area contributed by atoms with Gasteiger partial charge in [0, 0.05) is 43.8 Å². The molecule has 0 aromatic heterocycles. The molecule has 142 valence electrons. The smallest absolute Gasteiger partial charge is 0.280 e. The number of aliphatic imine (C=N–C) groups is 1. The van der Waals surface area contributed by atoms with Crippen LogP contribution in [0.2, 0.25) is 0 Å². The molecule has 1 aromatic rings. The lowest BCUT2D eigenvalue weighted by Gasteiger charge is -2.36. The number of alkyl halides is 2. The number of rotatable bonds is 4. The van der Waals surface area contributed by atoms with Gasteiger partial charge in [-0.05, 0) is 18.2 Å². The maximum Gasteiger partial charge on any atom is 0.280 e. The van der Waals surface area contributed by atoms with Gasteiger partial charge in [0.2, 0.25) is 0 Å². The van der Waals surface area contributed by atoms with Crippen molar-refractivity contribution in [2.45, 2.75) is 6.43 Å². The molecular weight excluding hydrogens is 352 g/mol. The van der Waals surface area contributed by atoms with Crippen molar-refractivity contribution in [3.8, 4) is 0 Å².